The Morgan fingerprint density at radius 2 is 1.95 bits per heavy atom. The van der Waals surface area contributed by atoms with Crippen LogP contribution in [0, 0.1) is 0 Å². The van der Waals surface area contributed by atoms with Gasteiger partial charge in [0.15, 0.2) is 0 Å². The van der Waals surface area contributed by atoms with E-state index in [9.17, 15) is 4.79 Å². The molecule has 0 radical (unpaired) electrons. The third kappa shape index (κ3) is 5.49. The topological polar surface area (TPSA) is 41.6 Å². The van der Waals surface area contributed by atoms with Crippen LogP contribution in [0.15, 0.2) is 0 Å². The Morgan fingerprint density at radius 3 is 2.53 bits per heavy atom. The van der Waals surface area contributed by atoms with Crippen molar-refractivity contribution in [2.45, 2.75) is 58.4 Å². The molecule has 0 aromatic heterocycles. The lowest BCUT2D eigenvalue weighted by molar-refractivity contribution is -0.151. The van der Waals surface area contributed by atoms with Crippen molar-refractivity contribution in [3.8, 4) is 0 Å². The van der Waals surface area contributed by atoms with E-state index in [4.69, 9.17) is 4.74 Å². The Kier molecular flexibility index (Phi) is 7.39. The quantitative estimate of drug-likeness (QED) is 0.687. The Labute approximate surface area is 117 Å². The number of rotatable bonds is 8. The Morgan fingerprint density at radius 1 is 1.26 bits per heavy atom. The lowest BCUT2D eigenvalue weighted by atomic mass is 9.96. The van der Waals surface area contributed by atoms with E-state index in [1.54, 1.807) is 0 Å². The summed E-state index contributed by atoms with van der Waals surface area (Å²) in [7, 11) is 0. The molecule has 0 aromatic rings. The molecule has 0 saturated carbocycles. The molecule has 0 bridgehead atoms. The van der Waals surface area contributed by atoms with E-state index in [0.29, 0.717) is 6.61 Å². The van der Waals surface area contributed by atoms with Crippen LogP contribution >= 0.6 is 0 Å². The number of carbonyl (C=O) groups is 1. The molecule has 1 N–H and O–H groups in total. The lowest BCUT2D eigenvalue weighted by Crippen LogP contribution is -2.52. The molecule has 4 heteroatoms. The number of nitrogens with zero attached hydrogens (tertiary/aromatic N) is 1. The van der Waals surface area contributed by atoms with Crippen molar-refractivity contribution in [3.05, 3.63) is 0 Å². The van der Waals surface area contributed by atoms with Crippen LogP contribution in [0.1, 0.15) is 52.9 Å². The summed E-state index contributed by atoms with van der Waals surface area (Å²) in [4.78, 5) is 14.6. The van der Waals surface area contributed by atoms with Crippen LogP contribution in [0.3, 0.4) is 0 Å². The molecule has 4 nitrogen and oxygen atoms in total. The third-order valence-corrected chi connectivity index (χ3v) is 3.87. The highest BCUT2D eigenvalue weighted by Crippen LogP contribution is 2.16. The first-order valence-corrected chi connectivity index (χ1v) is 7.77. The average molecular weight is 270 g/mol. The van der Waals surface area contributed by atoms with Crippen molar-refractivity contribution in [2.75, 3.05) is 32.8 Å². The molecule has 1 saturated heterocycles. The van der Waals surface area contributed by atoms with E-state index in [1.165, 1.54) is 32.4 Å². The monoisotopic (exact) mass is 270 g/mol. The molecule has 1 fully saturated rings. The Hall–Kier alpha value is -0.610. The summed E-state index contributed by atoms with van der Waals surface area (Å²) >= 11 is 0. The molecule has 1 aliphatic heterocycles. The van der Waals surface area contributed by atoms with Crippen molar-refractivity contribution in [3.63, 3.8) is 0 Å². The van der Waals surface area contributed by atoms with Crippen molar-refractivity contribution < 1.29 is 9.53 Å². The molecule has 1 atom stereocenters. The number of carbonyl (C=O) groups excluding carboxylic acids is 1. The molecule has 0 spiro atoms. The van der Waals surface area contributed by atoms with E-state index < -0.39 is 5.54 Å². The predicted octanol–water partition coefficient (Wildman–Crippen LogP) is 2.18. The van der Waals surface area contributed by atoms with Crippen LogP contribution in [0.5, 0.6) is 0 Å². The van der Waals surface area contributed by atoms with Gasteiger partial charge >= 0.3 is 5.97 Å². The maximum absolute atomic E-state index is 12.1. The first-order valence-electron chi connectivity index (χ1n) is 7.77. The van der Waals surface area contributed by atoms with Crippen molar-refractivity contribution in [1.29, 1.82) is 0 Å². The average Bonchev–Trinajstić information content (AvgIpc) is 2.44. The minimum Gasteiger partial charge on any atom is -0.465 e. The summed E-state index contributed by atoms with van der Waals surface area (Å²) in [5, 5.41) is 3.37. The van der Waals surface area contributed by atoms with Gasteiger partial charge in [-0.05, 0) is 59.2 Å². The second kappa shape index (κ2) is 8.54. The van der Waals surface area contributed by atoms with Gasteiger partial charge in [0.2, 0.25) is 0 Å². The largest absolute Gasteiger partial charge is 0.465 e. The third-order valence-electron chi connectivity index (χ3n) is 3.87. The number of esters is 1. The van der Waals surface area contributed by atoms with Crippen LogP contribution in [0.2, 0.25) is 0 Å². The van der Waals surface area contributed by atoms with Gasteiger partial charge in [0.1, 0.15) is 5.54 Å². The number of ether oxygens (including phenoxy) is 1. The highest BCUT2D eigenvalue weighted by atomic mass is 16.5. The van der Waals surface area contributed by atoms with Gasteiger partial charge in [-0.2, -0.15) is 0 Å². The summed E-state index contributed by atoms with van der Waals surface area (Å²) in [6.07, 6.45) is 5.78. The first kappa shape index (κ1) is 16.4. The number of hydrogen-bond donors (Lipinski definition) is 1. The van der Waals surface area contributed by atoms with Crippen LogP contribution in [-0.2, 0) is 9.53 Å². The van der Waals surface area contributed by atoms with Crippen LogP contribution in [0.25, 0.3) is 0 Å². The minimum atomic E-state index is -0.538. The number of hydrogen-bond acceptors (Lipinski definition) is 4. The van der Waals surface area contributed by atoms with Gasteiger partial charge < -0.3 is 15.0 Å². The molecular formula is C15H30N2O2. The molecular weight excluding hydrogens is 240 g/mol. The van der Waals surface area contributed by atoms with Gasteiger partial charge in [-0.1, -0.05) is 13.3 Å². The molecule has 1 heterocycles. The lowest BCUT2D eigenvalue weighted by Gasteiger charge is -2.33. The number of nitrogens with one attached hydrogen (secondary N) is 1. The fraction of sp³-hybridized carbons (Fsp3) is 0.933. The van der Waals surface area contributed by atoms with Crippen molar-refractivity contribution in [1.82, 2.24) is 10.2 Å². The van der Waals surface area contributed by atoms with Gasteiger partial charge in [0.25, 0.3) is 0 Å². The zero-order chi connectivity index (χ0) is 14.1. The van der Waals surface area contributed by atoms with E-state index in [1.807, 2.05) is 13.8 Å². The Balaban J connectivity index is 2.49. The maximum atomic E-state index is 12.1. The van der Waals surface area contributed by atoms with Crippen molar-refractivity contribution >= 4 is 5.97 Å². The summed E-state index contributed by atoms with van der Waals surface area (Å²) in [5.74, 6) is -0.111. The number of likely N-dealkylation sites (tertiary alicyclic amines) is 1. The normalized spacial score (nSPS) is 19.9. The summed E-state index contributed by atoms with van der Waals surface area (Å²) in [6, 6.07) is 0. The van der Waals surface area contributed by atoms with E-state index >= 15 is 0 Å². The maximum Gasteiger partial charge on any atom is 0.326 e. The van der Waals surface area contributed by atoms with Gasteiger partial charge in [0, 0.05) is 6.54 Å². The second-order valence-electron chi connectivity index (χ2n) is 5.63. The fourth-order valence-corrected chi connectivity index (χ4v) is 2.52. The zero-order valence-corrected chi connectivity index (χ0v) is 12.8. The van der Waals surface area contributed by atoms with Gasteiger partial charge in [0.05, 0.1) is 6.61 Å². The summed E-state index contributed by atoms with van der Waals surface area (Å²) in [6.45, 7) is 10.6. The minimum absolute atomic E-state index is 0.111. The molecule has 1 rings (SSSR count). The van der Waals surface area contributed by atoms with Gasteiger partial charge in [-0.3, -0.25) is 4.79 Å². The molecule has 0 aromatic carbocycles. The van der Waals surface area contributed by atoms with E-state index in [0.717, 1.165) is 25.9 Å². The summed E-state index contributed by atoms with van der Waals surface area (Å²) < 4.78 is 5.22. The predicted molar refractivity (Wildman–Crippen MR) is 78.2 cm³/mol. The molecule has 0 amide bonds. The highest BCUT2D eigenvalue weighted by molar-refractivity contribution is 5.80. The fourth-order valence-electron chi connectivity index (χ4n) is 2.52. The smallest absolute Gasteiger partial charge is 0.326 e. The molecule has 19 heavy (non-hydrogen) atoms. The van der Waals surface area contributed by atoms with Crippen LogP contribution < -0.4 is 5.32 Å². The van der Waals surface area contributed by atoms with Gasteiger partial charge in [-0.25, -0.2) is 0 Å². The first-order chi connectivity index (χ1) is 9.12. The van der Waals surface area contributed by atoms with Crippen LogP contribution in [0.4, 0.5) is 0 Å². The SMILES string of the molecule is CCCNC(C)(CCN1CCCCC1)C(=O)OCC. The Bertz CT molecular complexity index is 265. The van der Waals surface area contributed by atoms with E-state index in [2.05, 4.69) is 17.1 Å². The van der Waals surface area contributed by atoms with Crippen LogP contribution in [-0.4, -0.2) is 49.2 Å². The summed E-state index contributed by atoms with van der Waals surface area (Å²) in [5.41, 5.74) is -0.538. The zero-order valence-electron chi connectivity index (χ0n) is 12.8. The molecule has 1 aliphatic rings. The standard InChI is InChI=1S/C15H30N2O2/c1-4-10-16-15(3,14(18)19-5-2)9-13-17-11-7-6-8-12-17/h16H,4-13H2,1-3H3. The highest BCUT2D eigenvalue weighted by Gasteiger charge is 2.34. The molecule has 112 valence electrons. The van der Waals surface area contributed by atoms with Gasteiger partial charge in [-0.15, -0.1) is 0 Å². The van der Waals surface area contributed by atoms with Crippen molar-refractivity contribution in [2.24, 2.45) is 0 Å². The molecule has 0 aliphatic carbocycles. The second-order valence-corrected chi connectivity index (χ2v) is 5.63. The number of piperidine rings is 1. The molecule has 1 unspecified atom stereocenters. The van der Waals surface area contributed by atoms with E-state index in [-0.39, 0.29) is 5.97 Å².